The zero-order valence-electron chi connectivity index (χ0n) is 12.1. The highest BCUT2D eigenvalue weighted by Gasteiger charge is 2.28. The number of aromatic nitrogens is 2. The SMILES string of the molecule is Brc1ccc2nccc(N3CCCC3c3ccccn3)c2c1. The number of fused-ring (bicyclic) bond motifs is 1. The molecule has 110 valence electrons. The molecule has 1 aliphatic heterocycles. The molecule has 2 aromatic heterocycles. The molecule has 4 heteroatoms. The molecule has 0 bridgehead atoms. The molecule has 3 nitrogen and oxygen atoms in total. The summed E-state index contributed by atoms with van der Waals surface area (Å²) in [4.78, 5) is 11.5. The molecular formula is C18H16BrN3. The van der Waals surface area contributed by atoms with Gasteiger partial charge in [-0.1, -0.05) is 22.0 Å². The lowest BCUT2D eigenvalue weighted by atomic mass is 10.1. The first-order chi connectivity index (χ1) is 10.8. The van der Waals surface area contributed by atoms with E-state index in [0.29, 0.717) is 6.04 Å². The van der Waals surface area contributed by atoms with Crippen LogP contribution in [0.25, 0.3) is 10.9 Å². The van der Waals surface area contributed by atoms with Gasteiger partial charge >= 0.3 is 0 Å². The van der Waals surface area contributed by atoms with Crippen LogP contribution in [-0.2, 0) is 0 Å². The van der Waals surface area contributed by atoms with Gasteiger partial charge in [0.1, 0.15) is 0 Å². The lowest BCUT2D eigenvalue weighted by Gasteiger charge is -2.27. The summed E-state index contributed by atoms with van der Waals surface area (Å²) >= 11 is 3.58. The van der Waals surface area contributed by atoms with Gasteiger partial charge < -0.3 is 4.90 Å². The van der Waals surface area contributed by atoms with Gasteiger partial charge in [-0.2, -0.15) is 0 Å². The molecule has 0 saturated carbocycles. The molecule has 1 unspecified atom stereocenters. The molecule has 0 amide bonds. The van der Waals surface area contributed by atoms with Gasteiger partial charge in [0.05, 0.1) is 17.3 Å². The molecule has 0 N–H and O–H groups in total. The molecule has 0 radical (unpaired) electrons. The largest absolute Gasteiger partial charge is 0.362 e. The lowest BCUT2D eigenvalue weighted by Crippen LogP contribution is -2.23. The Morgan fingerprint density at radius 3 is 2.86 bits per heavy atom. The van der Waals surface area contributed by atoms with Crippen molar-refractivity contribution in [3.63, 3.8) is 0 Å². The third-order valence-corrected chi connectivity index (χ3v) is 4.77. The highest BCUT2D eigenvalue weighted by molar-refractivity contribution is 9.10. The summed E-state index contributed by atoms with van der Waals surface area (Å²) in [5, 5.41) is 1.19. The second-order valence-corrected chi connectivity index (χ2v) is 6.51. The topological polar surface area (TPSA) is 29.0 Å². The monoisotopic (exact) mass is 353 g/mol. The van der Waals surface area contributed by atoms with Crippen LogP contribution >= 0.6 is 15.9 Å². The van der Waals surface area contributed by atoms with Crippen molar-refractivity contribution in [3.8, 4) is 0 Å². The number of halogens is 1. The molecule has 1 saturated heterocycles. The van der Waals surface area contributed by atoms with Crippen LogP contribution in [0.2, 0.25) is 0 Å². The van der Waals surface area contributed by atoms with Gasteiger partial charge in [0.2, 0.25) is 0 Å². The Morgan fingerprint density at radius 2 is 2.00 bits per heavy atom. The van der Waals surface area contributed by atoms with E-state index in [1.54, 1.807) is 0 Å². The molecule has 0 spiro atoms. The zero-order chi connectivity index (χ0) is 14.9. The van der Waals surface area contributed by atoms with Crippen LogP contribution in [0, 0.1) is 0 Å². The van der Waals surface area contributed by atoms with Crippen molar-refractivity contribution in [1.29, 1.82) is 0 Å². The number of anilines is 1. The summed E-state index contributed by atoms with van der Waals surface area (Å²) in [6.07, 6.45) is 6.13. The van der Waals surface area contributed by atoms with E-state index in [1.807, 2.05) is 24.5 Å². The van der Waals surface area contributed by atoms with E-state index in [2.05, 4.69) is 61.1 Å². The van der Waals surface area contributed by atoms with Crippen LogP contribution in [0.15, 0.2) is 59.3 Å². The minimum Gasteiger partial charge on any atom is -0.362 e. The third kappa shape index (κ3) is 2.37. The maximum atomic E-state index is 4.57. The Morgan fingerprint density at radius 1 is 1.05 bits per heavy atom. The summed E-state index contributed by atoms with van der Waals surface area (Å²) in [6.45, 7) is 1.06. The Kier molecular flexibility index (Phi) is 3.54. The van der Waals surface area contributed by atoms with Crippen molar-refractivity contribution < 1.29 is 0 Å². The van der Waals surface area contributed by atoms with E-state index in [1.165, 1.54) is 17.5 Å². The van der Waals surface area contributed by atoms with Crippen LogP contribution in [0.5, 0.6) is 0 Å². The molecule has 22 heavy (non-hydrogen) atoms. The summed E-state index contributed by atoms with van der Waals surface area (Å²) in [5.41, 5.74) is 3.44. The maximum absolute atomic E-state index is 4.57. The number of hydrogen-bond acceptors (Lipinski definition) is 3. The minimum absolute atomic E-state index is 0.353. The van der Waals surface area contributed by atoms with Crippen LogP contribution < -0.4 is 4.90 Å². The van der Waals surface area contributed by atoms with E-state index in [0.717, 1.165) is 28.6 Å². The van der Waals surface area contributed by atoms with Crippen LogP contribution in [0.3, 0.4) is 0 Å². The Balaban J connectivity index is 1.82. The zero-order valence-corrected chi connectivity index (χ0v) is 13.7. The van der Waals surface area contributed by atoms with Crippen molar-refractivity contribution in [3.05, 3.63) is 65.0 Å². The summed E-state index contributed by atoms with van der Waals surface area (Å²) in [6, 6.07) is 14.9. The number of benzene rings is 1. The lowest BCUT2D eigenvalue weighted by molar-refractivity contribution is 0.696. The van der Waals surface area contributed by atoms with Crippen LogP contribution in [0.4, 0.5) is 5.69 Å². The average Bonchev–Trinajstić information content (AvgIpc) is 3.04. The fourth-order valence-corrected chi connectivity index (χ4v) is 3.65. The van der Waals surface area contributed by atoms with Crippen LogP contribution in [-0.4, -0.2) is 16.5 Å². The van der Waals surface area contributed by atoms with Crippen molar-refractivity contribution in [2.24, 2.45) is 0 Å². The van der Waals surface area contributed by atoms with Crippen LogP contribution in [0.1, 0.15) is 24.6 Å². The molecule has 3 heterocycles. The van der Waals surface area contributed by atoms with Crippen molar-refractivity contribution in [2.45, 2.75) is 18.9 Å². The first kappa shape index (κ1) is 13.7. The van der Waals surface area contributed by atoms with Gasteiger partial charge in [-0.3, -0.25) is 9.97 Å². The van der Waals surface area contributed by atoms with Gasteiger partial charge in [-0.15, -0.1) is 0 Å². The second kappa shape index (κ2) is 5.69. The standard InChI is InChI=1S/C18H16BrN3/c19-13-6-7-15-14(12-13)17(8-10-21-15)22-11-3-5-18(22)16-4-1-2-9-20-16/h1-2,4,6-10,12,18H,3,5,11H2. The van der Waals surface area contributed by atoms with Gasteiger partial charge in [-0.05, 0) is 49.2 Å². The number of hydrogen-bond donors (Lipinski definition) is 0. The molecule has 1 fully saturated rings. The molecule has 1 aliphatic rings. The molecule has 0 aliphatic carbocycles. The van der Waals surface area contributed by atoms with Crippen molar-refractivity contribution in [2.75, 3.05) is 11.4 Å². The highest BCUT2D eigenvalue weighted by atomic mass is 79.9. The minimum atomic E-state index is 0.353. The number of nitrogens with zero attached hydrogens (tertiary/aromatic N) is 3. The van der Waals surface area contributed by atoms with E-state index in [9.17, 15) is 0 Å². The molecular weight excluding hydrogens is 338 g/mol. The first-order valence-electron chi connectivity index (χ1n) is 7.55. The van der Waals surface area contributed by atoms with Crippen molar-refractivity contribution in [1.82, 2.24) is 9.97 Å². The summed E-state index contributed by atoms with van der Waals surface area (Å²) < 4.78 is 1.09. The average molecular weight is 354 g/mol. The Bertz CT molecular complexity index is 804. The van der Waals surface area contributed by atoms with Gasteiger partial charge in [0.15, 0.2) is 0 Å². The quantitative estimate of drug-likeness (QED) is 0.666. The fraction of sp³-hybridized carbons (Fsp3) is 0.222. The number of rotatable bonds is 2. The Hall–Kier alpha value is -1.94. The van der Waals surface area contributed by atoms with E-state index >= 15 is 0 Å². The van der Waals surface area contributed by atoms with E-state index < -0.39 is 0 Å². The highest BCUT2D eigenvalue weighted by Crippen LogP contribution is 2.38. The normalized spacial score (nSPS) is 18.0. The molecule has 3 aromatic rings. The van der Waals surface area contributed by atoms with Gasteiger partial charge in [0, 0.05) is 34.5 Å². The molecule has 1 atom stereocenters. The predicted molar refractivity (Wildman–Crippen MR) is 93.0 cm³/mol. The molecule has 1 aromatic carbocycles. The predicted octanol–water partition coefficient (Wildman–Crippen LogP) is 4.73. The first-order valence-corrected chi connectivity index (χ1v) is 8.34. The molecule has 4 rings (SSSR count). The second-order valence-electron chi connectivity index (χ2n) is 5.60. The third-order valence-electron chi connectivity index (χ3n) is 4.27. The number of pyridine rings is 2. The van der Waals surface area contributed by atoms with E-state index in [-0.39, 0.29) is 0 Å². The smallest absolute Gasteiger partial charge is 0.0723 e. The summed E-state index contributed by atoms with van der Waals surface area (Å²) in [7, 11) is 0. The van der Waals surface area contributed by atoms with Gasteiger partial charge in [-0.25, -0.2) is 0 Å². The van der Waals surface area contributed by atoms with Gasteiger partial charge in [0.25, 0.3) is 0 Å². The van der Waals surface area contributed by atoms with Crippen molar-refractivity contribution >= 4 is 32.5 Å². The maximum Gasteiger partial charge on any atom is 0.0723 e. The Labute approximate surface area is 138 Å². The fourth-order valence-electron chi connectivity index (χ4n) is 3.29. The van der Waals surface area contributed by atoms with E-state index in [4.69, 9.17) is 0 Å². The summed E-state index contributed by atoms with van der Waals surface area (Å²) in [5.74, 6) is 0.